The normalized spacial score (nSPS) is 31.1. The Bertz CT molecular complexity index is 436. The lowest BCUT2D eigenvalue weighted by atomic mass is 9.99. The third-order valence-electron chi connectivity index (χ3n) is 4.32. The third kappa shape index (κ3) is 9.77. The summed E-state index contributed by atoms with van der Waals surface area (Å²) in [4.78, 5) is 0. The van der Waals surface area contributed by atoms with Gasteiger partial charge in [0, 0.05) is 12.6 Å². The van der Waals surface area contributed by atoms with E-state index >= 15 is 0 Å². The zero-order valence-corrected chi connectivity index (χ0v) is 17.8. The molecule has 1 heterocycles. The third-order valence-corrected chi connectivity index (χ3v) is 4.32. The molecule has 1 fully saturated rings. The van der Waals surface area contributed by atoms with E-state index in [1.165, 1.54) is 0 Å². The number of ether oxygens (including phenoxy) is 2. The van der Waals surface area contributed by atoms with Crippen LogP contribution in [0.2, 0.25) is 0 Å². The smallest absolute Gasteiger partial charge is 0.186 e. The van der Waals surface area contributed by atoms with Crippen LogP contribution in [-0.2, 0) is 9.47 Å². The minimum Gasteiger partial charge on any atom is -0.394 e. The van der Waals surface area contributed by atoms with Crippen molar-refractivity contribution in [2.75, 3.05) is 19.8 Å². The summed E-state index contributed by atoms with van der Waals surface area (Å²) in [6, 6.07) is 0.145. The van der Waals surface area contributed by atoms with E-state index in [2.05, 4.69) is 5.32 Å². The van der Waals surface area contributed by atoms with Crippen LogP contribution in [0.25, 0.3) is 0 Å². The van der Waals surface area contributed by atoms with Crippen molar-refractivity contribution in [3.63, 3.8) is 0 Å². The molecule has 0 unspecified atom stereocenters. The van der Waals surface area contributed by atoms with Gasteiger partial charge in [0.2, 0.25) is 0 Å². The molecule has 0 aromatic carbocycles. The molecule has 0 aromatic heterocycles. The molecule has 9 atom stereocenters. The molecule has 0 amide bonds. The second kappa shape index (κ2) is 14.6. The summed E-state index contributed by atoms with van der Waals surface area (Å²) >= 11 is 0. The molecule has 30 heavy (non-hydrogen) atoms. The van der Waals surface area contributed by atoms with Crippen LogP contribution < -0.4 is 5.32 Å². The molecule has 0 aliphatic carbocycles. The van der Waals surface area contributed by atoms with Crippen LogP contribution in [0.3, 0.4) is 0 Å². The van der Waals surface area contributed by atoms with Crippen LogP contribution in [0.1, 0.15) is 27.7 Å². The molecule has 1 aliphatic rings. The second-order valence-electron chi connectivity index (χ2n) is 7.74. The molecule has 10 N–H and O–H groups in total. The Labute approximate surface area is 176 Å². The van der Waals surface area contributed by atoms with Crippen LogP contribution in [0.5, 0.6) is 0 Å². The highest BCUT2D eigenvalue weighted by Crippen LogP contribution is 2.22. The van der Waals surface area contributed by atoms with Crippen molar-refractivity contribution in [2.45, 2.75) is 95.0 Å². The largest absolute Gasteiger partial charge is 0.394 e. The Morgan fingerprint density at radius 2 is 1.37 bits per heavy atom. The van der Waals surface area contributed by atoms with Crippen molar-refractivity contribution in [3.8, 4) is 0 Å². The van der Waals surface area contributed by atoms with Gasteiger partial charge in [0.25, 0.3) is 0 Å². The van der Waals surface area contributed by atoms with Gasteiger partial charge in [0.15, 0.2) is 6.29 Å². The van der Waals surface area contributed by atoms with Gasteiger partial charge in [0.05, 0.1) is 25.4 Å². The van der Waals surface area contributed by atoms with Crippen molar-refractivity contribution in [1.29, 1.82) is 0 Å². The maximum absolute atomic E-state index is 9.53. The Morgan fingerprint density at radius 1 is 0.833 bits per heavy atom. The molecule has 0 bridgehead atoms. The lowest BCUT2D eigenvalue weighted by Gasteiger charge is -2.40. The number of nitrogens with one attached hydrogen (secondary N) is 1. The molecule has 0 spiro atoms. The van der Waals surface area contributed by atoms with E-state index in [0.717, 1.165) is 0 Å². The summed E-state index contributed by atoms with van der Waals surface area (Å²) < 4.78 is 10.3. The Kier molecular flexibility index (Phi) is 14.3. The second-order valence-corrected chi connectivity index (χ2v) is 7.74. The summed E-state index contributed by atoms with van der Waals surface area (Å²) in [7, 11) is 0. The zero-order chi connectivity index (χ0) is 23.6. The first-order valence-electron chi connectivity index (χ1n) is 9.89. The van der Waals surface area contributed by atoms with E-state index in [-0.39, 0.29) is 18.7 Å². The number of aliphatic hydroxyl groups excluding tert-OH is 9. The fraction of sp³-hybridized carbons (Fsp3) is 1.00. The first-order valence-corrected chi connectivity index (χ1v) is 9.89. The monoisotopic (exact) mass is 445 g/mol. The van der Waals surface area contributed by atoms with Crippen molar-refractivity contribution in [3.05, 3.63) is 0 Å². The average molecular weight is 446 g/mol. The maximum Gasteiger partial charge on any atom is 0.186 e. The predicted molar refractivity (Wildman–Crippen MR) is 104 cm³/mol. The highest BCUT2D eigenvalue weighted by atomic mass is 16.7. The van der Waals surface area contributed by atoms with Gasteiger partial charge in [-0.25, -0.2) is 0 Å². The molecule has 12 heteroatoms. The van der Waals surface area contributed by atoms with E-state index in [9.17, 15) is 30.6 Å². The molecule has 1 saturated heterocycles. The van der Waals surface area contributed by atoms with Crippen molar-refractivity contribution in [1.82, 2.24) is 5.32 Å². The molecule has 182 valence electrons. The molecule has 1 rings (SSSR count). The number of rotatable bonds is 10. The molecule has 0 radical (unpaired) electrons. The van der Waals surface area contributed by atoms with Gasteiger partial charge < -0.3 is 60.7 Å². The lowest BCUT2D eigenvalue weighted by Crippen LogP contribution is -2.59. The molecular weight excluding hydrogens is 406 g/mol. The Balaban J connectivity index is 0.000000561. The van der Waals surface area contributed by atoms with E-state index in [4.69, 9.17) is 24.8 Å². The van der Waals surface area contributed by atoms with Crippen LogP contribution in [-0.4, -0.2) is 133 Å². The Morgan fingerprint density at radius 3 is 1.80 bits per heavy atom. The fourth-order valence-electron chi connectivity index (χ4n) is 2.49. The standard InChI is InChI=1S/C9H21NO5.C9H18O6/c1-5(2)10-3-6(12)8(14)9(15)7(13)4-11;1-4(2)14-9-8(13)7(12)6(11)5(3-10)15-9/h5-15H,3-4H2,1-2H3;4-13H,3H2,1-2H3/t6-,7+,8+,9+;5-,6-,7+,8+,9+/m01/s1. The highest BCUT2D eigenvalue weighted by molar-refractivity contribution is 4.89. The minimum absolute atomic E-state index is 0.105. The molecule has 0 saturated carbocycles. The predicted octanol–water partition coefficient (Wildman–Crippen LogP) is -4.37. The SMILES string of the molecule is CC(C)NC[C@H](O)[C@@H](O)[C@H](O)[C@H](O)CO.CC(C)O[C@H]1O[C@H](CO)[C@@H](O)[C@H](O)[C@@H]1O. The number of aliphatic hydroxyl groups is 9. The topological polar surface area (TPSA) is 213 Å². The highest BCUT2D eigenvalue weighted by Gasteiger charge is 2.44. The molecule has 12 nitrogen and oxygen atoms in total. The van der Waals surface area contributed by atoms with Crippen LogP contribution in [0, 0.1) is 0 Å². The maximum atomic E-state index is 9.53. The molecular formula is C18H39NO11. The van der Waals surface area contributed by atoms with Crippen molar-refractivity contribution < 1.29 is 55.4 Å². The van der Waals surface area contributed by atoms with Crippen LogP contribution >= 0.6 is 0 Å². The first-order chi connectivity index (χ1) is 13.9. The summed E-state index contributed by atoms with van der Waals surface area (Å²) in [6.07, 6.45) is -11.8. The van der Waals surface area contributed by atoms with E-state index in [1.54, 1.807) is 13.8 Å². The van der Waals surface area contributed by atoms with Gasteiger partial charge in [-0.05, 0) is 13.8 Å². The Hall–Kier alpha value is -0.480. The van der Waals surface area contributed by atoms with Crippen LogP contribution in [0.15, 0.2) is 0 Å². The van der Waals surface area contributed by atoms with Gasteiger partial charge in [-0.15, -0.1) is 0 Å². The number of hydrogen-bond donors (Lipinski definition) is 10. The van der Waals surface area contributed by atoms with Crippen molar-refractivity contribution >= 4 is 0 Å². The van der Waals surface area contributed by atoms with Gasteiger partial charge in [-0.2, -0.15) is 0 Å². The van der Waals surface area contributed by atoms with Gasteiger partial charge in [-0.3, -0.25) is 0 Å². The van der Waals surface area contributed by atoms with Crippen molar-refractivity contribution in [2.24, 2.45) is 0 Å². The summed E-state index contributed by atoms with van der Waals surface area (Å²) in [6.45, 7) is 6.25. The fourth-order valence-corrected chi connectivity index (χ4v) is 2.49. The van der Waals surface area contributed by atoms with E-state index in [1.807, 2.05) is 13.8 Å². The average Bonchev–Trinajstić information content (AvgIpc) is 2.70. The van der Waals surface area contributed by atoms with Gasteiger partial charge in [-0.1, -0.05) is 13.8 Å². The lowest BCUT2D eigenvalue weighted by molar-refractivity contribution is -0.308. The minimum atomic E-state index is -1.56. The summed E-state index contributed by atoms with van der Waals surface area (Å²) in [5.74, 6) is 0. The number of hydrogen-bond acceptors (Lipinski definition) is 12. The molecule has 1 aliphatic heterocycles. The first kappa shape index (κ1) is 29.5. The summed E-state index contributed by atoms with van der Waals surface area (Å²) in [5, 5.41) is 85.8. The van der Waals surface area contributed by atoms with E-state index < -0.39 is 68.3 Å². The van der Waals surface area contributed by atoms with E-state index in [0.29, 0.717) is 0 Å². The van der Waals surface area contributed by atoms with Crippen LogP contribution in [0.4, 0.5) is 0 Å². The summed E-state index contributed by atoms with van der Waals surface area (Å²) in [5.41, 5.74) is 0. The van der Waals surface area contributed by atoms with Gasteiger partial charge in [0.1, 0.15) is 42.7 Å². The molecule has 0 aromatic rings. The zero-order valence-electron chi connectivity index (χ0n) is 17.8. The quantitative estimate of drug-likeness (QED) is 0.154. The van der Waals surface area contributed by atoms with Gasteiger partial charge >= 0.3 is 0 Å².